The van der Waals surface area contributed by atoms with E-state index >= 15 is 0 Å². The van der Waals surface area contributed by atoms with Crippen molar-refractivity contribution < 1.29 is 19.5 Å². The largest absolute Gasteiger partial charge is 0.478 e. The minimum Gasteiger partial charge on any atom is -0.478 e. The summed E-state index contributed by atoms with van der Waals surface area (Å²) in [6.07, 6.45) is 0.172. The molecule has 0 aliphatic rings. The molecule has 14 heavy (non-hydrogen) atoms. The van der Waals surface area contributed by atoms with E-state index in [0.717, 1.165) is 0 Å². The number of aromatic carboxylic acids is 1. The Balaban J connectivity index is 3.12. The number of carboxylic acids is 1. The van der Waals surface area contributed by atoms with Crippen molar-refractivity contribution in [1.29, 1.82) is 0 Å². The lowest BCUT2D eigenvalue weighted by Crippen LogP contribution is -2.08. The van der Waals surface area contributed by atoms with Crippen LogP contribution >= 0.6 is 0 Å². The predicted octanol–water partition coefficient (Wildman–Crippen LogP) is 1.16. The lowest BCUT2D eigenvalue weighted by atomic mass is 10.0. The van der Waals surface area contributed by atoms with E-state index in [0.29, 0.717) is 6.29 Å². The first-order chi connectivity index (χ1) is 6.66. The quantitative estimate of drug-likeness (QED) is 0.441. The summed E-state index contributed by atoms with van der Waals surface area (Å²) < 4.78 is 0. The third kappa shape index (κ3) is 2.04. The van der Waals surface area contributed by atoms with Gasteiger partial charge < -0.3 is 9.90 Å². The lowest BCUT2D eigenvalue weighted by molar-refractivity contribution is -0.107. The van der Waals surface area contributed by atoms with Gasteiger partial charge in [0.1, 0.15) is 6.29 Å². The fourth-order valence-corrected chi connectivity index (χ4v) is 1.10. The molecule has 1 aromatic carbocycles. The van der Waals surface area contributed by atoms with Crippen molar-refractivity contribution in [2.75, 3.05) is 0 Å². The van der Waals surface area contributed by atoms with E-state index in [-0.39, 0.29) is 17.5 Å². The summed E-state index contributed by atoms with van der Waals surface area (Å²) in [5, 5.41) is 8.74. The summed E-state index contributed by atoms with van der Waals surface area (Å²) in [7, 11) is 0. The molecule has 0 heterocycles. The molecule has 0 saturated heterocycles. The second kappa shape index (κ2) is 4.32. The van der Waals surface area contributed by atoms with E-state index in [1.165, 1.54) is 18.2 Å². The zero-order valence-corrected chi connectivity index (χ0v) is 7.27. The van der Waals surface area contributed by atoms with E-state index in [1.54, 1.807) is 6.07 Å². The van der Waals surface area contributed by atoms with E-state index in [4.69, 9.17) is 5.11 Å². The Morgan fingerprint density at radius 1 is 1.21 bits per heavy atom. The highest BCUT2D eigenvalue weighted by molar-refractivity contribution is 6.09. The van der Waals surface area contributed by atoms with Crippen molar-refractivity contribution in [2.45, 2.75) is 6.42 Å². The van der Waals surface area contributed by atoms with Crippen LogP contribution in [-0.4, -0.2) is 23.1 Å². The van der Waals surface area contributed by atoms with Gasteiger partial charge in [0.25, 0.3) is 0 Å². The van der Waals surface area contributed by atoms with Crippen LogP contribution in [0.15, 0.2) is 24.3 Å². The number of hydrogen-bond donors (Lipinski definition) is 1. The molecule has 1 N–H and O–H groups in total. The number of Topliss-reactive ketones (excluding diaryl/α,β-unsaturated/α-hetero) is 1. The van der Waals surface area contributed by atoms with E-state index < -0.39 is 11.8 Å². The molecule has 0 aromatic heterocycles. The molecule has 0 atom stereocenters. The van der Waals surface area contributed by atoms with Crippen molar-refractivity contribution in [1.82, 2.24) is 0 Å². The van der Waals surface area contributed by atoms with Crippen molar-refractivity contribution in [3.63, 3.8) is 0 Å². The number of rotatable bonds is 4. The molecule has 0 saturated carbocycles. The maximum Gasteiger partial charge on any atom is 0.336 e. The van der Waals surface area contributed by atoms with Crippen LogP contribution in [0.25, 0.3) is 0 Å². The molecule has 0 spiro atoms. The van der Waals surface area contributed by atoms with Gasteiger partial charge in [0.05, 0.1) is 12.0 Å². The fraction of sp³-hybridized carbons (Fsp3) is 0.100. The summed E-state index contributed by atoms with van der Waals surface area (Å²) in [4.78, 5) is 32.1. The van der Waals surface area contributed by atoms with Gasteiger partial charge in [-0.3, -0.25) is 4.79 Å². The zero-order valence-electron chi connectivity index (χ0n) is 7.27. The van der Waals surface area contributed by atoms with Crippen molar-refractivity contribution >= 4 is 18.0 Å². The van der Waals surface area contributed by atoms with Crippen LogP contribution in [0.1, 0.15) is 27.1 Å². The maximum atomic E-state index is 11.3. The first kappa shape index (κ1) is 10.1. The number of ketones is 1. The van der Waals surface area contributed by atoms with Gasteiger partial charge in [-0.15, -0.1) is 0 Å². The molecule has 0 aliphatic heterocycles. The van der Waals surface area contributed by atoms with Gasteiger partial charge in [-0.2, -0.15) is 0 Å². The highest BCUT2D eigenvalue weighted by Crippen LogP contribution is 2.10. The van der Waals surface area contributed by atoms with Gasteiger partial charge in [-0.05, 0) is 6.07 Å². The van der Waals surface area contributed by atoms with Crippen LogP contribution in [0.4, 0.5) is 0 Å². The third-order valence-electron chi connectivity index (χ3n) is 1.73. The number of benzene rings is 1. The van der Waals surface area contributed by atoms with Crippen molar-refractivity contribution in [3.8, 4) is 0 Å². The summed E-state index contributed by atoms with van der Waals surface area (Å²) in [5.41, 5.74) is 0.00597. The van der Waals surface area contributed by atoms with Crippen LogP contribution in [0.3, 0.4) is 0 Å². The average molecular weight is 192 g/mol. The molecule has 0 aliphatic carbocycles. The molecule has 0 bridgehead atoms. The highest BCUT2D eigenvalue weighted by Gasteiger charge is 2.14. The Kier molecular flexibility index (Phi) is 3.12. The van der Waals surface area contributed by atoms with Gasteiger partial charge in [0.2, 0.25) is 0 Å². The summed E-state index contributed by atoms with van der Waals surface area (Å²) in [6.45, 7) is 0. The molecule has 0 radical (unpaired) electrons. The molecule has 0 amide bonds. The van der Waals surface area contributed by atoms with Gasteiger partial charge in [-0.25, -0.2) is 4.79 Å². The molecule has 1 rings (SSSR count). The van der Waals surface area contributed by atoms with Crippen LogP contribution < -0.4 is 0 Å². The van der Waals surface area contributed by atoms with E-state index in [1.807, 2.05) is 0 Å². The lowest BCUT2D eigenvalue weighted by Gasteiger charge is -2.01. The Labute approximate surface area is 80.2 Å². The minimum absolute atomic E-state index is 0.0700. The second-order valence-corrected chi connectivity index (χ2v) is 2.64. The van der Waals surface area contributed by atoms with Crippen LogP contribution in [0.5, 0.6) is 0 Å². The Hall–Kier alpha value is -1.97. The Morgan fingerprint density at radius 3 is 2.29 bits per heavy atom. The van der Waals surface area contributed by atoms with E-state index in [2.05, 4.69) is 0 Å². The van der Waals surface area contributed by atoms with E-state index in [9.17, 15) is 14.4 Å². The smallest absolute Gasteiger partial charge is 0.336 e. The topological polar surface area (TPSA) is 71.4 Å². The monoisotopic (exact) mass is 192 g/mol. The molecular weight excluding hydrogens is 184 g/mol. The normalized spacial score (nSPS) is 9.43. The number of hydrogen-bond acceptors (Lipinski definition) is 3. The van der Waals surface area contributed by atoms with Gasteiger partial charge in [0, 0.05) is 5.56 Å². The maximum absolute atomic E-state index is 11.3. The first-order valence-corrected chi connectivity index (χ1v) is 3.96. The van der Waals surface area contributed by atoms with Crippen LogP contribution in [-0.2, 0) is 4.79 Å². The summed E-state index contributed by atoms with van der Waals surface area (Å²) >= 11 is 0. The number of carbonyl (C=O) groups is 3. The zero-order chi connectivity index (χ0) is 10.6. The fourth-order valence-electron chi connectivity index (χ4n) is 1.10. The number of carboxylic acid groups (broad SMARTS) is 1. The first-order valence-electron chi connectivity index (χ1n) is 3.96. The standard InChI is InChI=1S/C10H8O4/c11-6-5-9(12)7-3-1-2-4-8(7)10(13)14/h1-4,6H,5H2,(H,13,14). The number of carbonyl (C=O) groups excluding carboxylic acids is 2. The van der Waals surface area contributed by atoms with Crippen molar-refractivity contribution in [3.05, 3.63) is 35.4 Å². The summed E-state index contributed by atoms with van der Waals surface area (Å²) in [5.74, 6) is -1.64. The third-order valence-corrected chi connectivity index (χ3v) is 1.73. The Morgan fingerprint density at radius 2 is 1.79 bits per heavy atom. The molecule has 4 nitrogen and oxygen atoms in total. The predicted molar refractivity (Wildman–Crippen MR) is 48.4 cm³/mol. The molecule has 0 unspecified atom stereocenters. The molecule has 4 heteroatoms. The van der Waals surface area contributed by atoms with Crippen molar-refractivity contribution in [2.24, 2.45) is 0 Å². The minimum atomic E-state index is -1.17. The van der Waals surface area contributed by atoms with Gasteiger partial charge >= 0.3 is 5.97 Å². The Bertz CT molecular complexity index is 381. The van der Waals surface area contributed by atoms with Crippen LogP contribution in [0.2, 0.25) is 0 Å². The molecule has 72 valence electrons. The van der Waals surface area contributed by atoms with Crippen LogP contribution in [0, 0.1) is 0 Å². The SMILES string of the molecule is O=CCC(=O)c1ccccc1C(=O)O. The molecule has 0 fully saturated rings. The van der Waals surface area contributed by atoms with Gasteiger partial charge in [-0.1, -0.05) is 18.2 Å². The van der Waals surface area contributed by atoms with Gasteiger partial charge in [0.15, 0.2) is 5.78 Å². The second-order valence-electron chi connectivity index (χ2n) is 2.64. The molecular formula is C10H8O4. The summed E-state index contributed by atoms with van der Waals surface area (Å²) in [6, 6.07) is 5.82. The average Bonchev–Trinajstić information content (AvgIpc) is 2.18. The number of aldehydes is 1. The highest BCUT2D eigenvalue weighted by atomic mass is 16.4. The molecule has 1 aromatic rings.